The second-order valence-corrected chi connectivity index (χ2v) is 8.97. The highest BCUT2D eigenvalue weighted by Gasteiger charge is 2.35. The van der Waals surface area contributed by atoms with Crippen LogP contribution in [0.5, 0.6) is 5.75 Å². The van der Waals surface area contributed by atoms with E-state index in [2.05, 4.69) is 30.5 Å². The second kappa shape index (κ2) is 8.91. The summed E-state index contributed by atoms with van der Waals surface area (Å²) < 4.78 is 8.16. The SMILES string of the molecule is Cc1cccc(N2CC(c3nc4ccccc4n3CCOc3ccc(Cl)cc3)CC2=O)c1C. The number of carbonyl (C=O) groups excluding carboxylic acids is 1. The van der Waals surface area contributed by atoms with E-state index in [1.807, 2.05) is 59.5 Å². The number of aromatic nitrogens is 2. The van der Waals surface area contributed by atoms with Crippen molar-refractivity contribution in [1.29, 1.82) is 0 Å². The molecule has 1 unspecified atom stereocenters. The number of fused-ring (bicyclic) bond motifs is 1. The number of anilines is 1. The number of para-hydroxylation sites is 2. The number of imidazole rings is 1. The van der Waals surface area contributed by atoms with Gasteiger partial charge in [0, 0.05) is 29.6 Å². The fourth-order valence-corrected chi connectivity index (χ4v) is 4.69. The van der Waals surface area contributed by atoms with Crippen molar-refractivity contribution >= 4 is 34.2 Å². The lowest BCUT2D eigenvalue weighted by molar-refractivity contribution is -0.117. The maximum Gasteiger partial charge on any atom is 0.227 e. The van der Waals surface area contributed by atoms with Crippen LogP contribution in [-0.4, -0.2) is 28.6 Å². The van der Waals surface area contributed by atoms with Crippen LogP contribution in [0, 0.1) is 13.8 Å². The summed E-state index contributed by atoms with van der Waals surface area (Å²) in [5, 5.41) is 0.685. The van der Waals surface area contributed by atoms with Crippen molar-refractivity contribution in [3.05, 3.63) is 88.7 Å². The topological polar surface area (TPSA) is 47.4 Å². The maximum atomic E-state index is 13.0. The molecule has 1 aromatic heterocycles. The van der Waals surface area contributed by atoms with Crippen LogP contribution in [0.15, 0.2) is 66.7 Å². The summed E-state index contributed by atoms with van der Waals surface area (Å²) in [6.45, 7) is 5.93. The van der Waals surface area contributed by atoms with E-state index >= 15 is 0 Å². The van der Waals surface area contributed by atoms with Gasteiger partial charge < -0.3 is 14.2 Å². The van der Waals surface area contributed by atoms with Crippen LogP contribution in [0.4, 0.5) is 5.69 Å². The molecular formula is C27H26ClN3O2. The zero-order chi connectivity index (χ0) is 22.9. The smallest absolute Gasteiger partial charge is 0.227 e. The van der Waals surface area contributed by atoms with Crippen molar-refractivity contribution in [2.24, 2.45) is 0 Å². The van der Waals surface area contributed by atoms with Gasteiger partial charge in [-0.3, -0.25) is 4.79 Å². The van der Waals surface area contributed by atoms with Gasteiger partial charge in [-0.1, -0.05) is 35.9 Å². The highest BCUT2D eigenvalue weighted by Crippen LogP contribution is 2.35. The Balaban J connectivity index is 1.41. The molecule has 6 heteroatoms. The van der Waals surface area contributed by atoms with Gasteiger partial charge in [0.25, 0.3) is 0 Å². The molecule has 0 bridgehead atoms. The predicted octanol–water partition coefficient (Wildman–Crippen LogP) is 5.91. The highest BCUT2D eigenvalue weighted by molar-refractivity contribution is 6.30. The standard InChI is InChI=1S/C27H26ClN3O2/c1-18-6-5-9-24(19(18)2)31-17-20(16-26(31)32)27-29-23-7-3-4-8-25(23)30(27)14-15-33-22-12-10-21(28)11-13-22/h3-13,20H,14-17H2,1-2H3. The van der Waals surface area contributed by atoms with Crippen LogP contribution in [0.3, 0.4) is 0 Å². The van der Waals surface area contributed by atoms with Crippen molar-refractivity contribution in [2.45, 2.75) is 32.7 Å². The third-order valence-electron chi connectivity index (χ3n) is 6.44. The van der Waals surface area contributed by atoms with Gasteiger partial charge in [0.2, 0.25) is 5.91 Å². The summed E-state index contributed by atoms with van der Waals surface area (Å²) in [4.78, 5) is 19.9. The summed E-state index contributed by atoms with van der Waals surface area (Å²) in [5.41, 5.74) is 5.34. The quantitative estimate of drug-likeness (QED) is 0.360. The maximum absolute atomic E-state index is 13.0. The fourth-order valence-electron chi connectivity index (χ4n) is 4.57. The van der Waals surface area contributed by atoms with E-state index in [0.717, 1.165) is 33.9 Å². The minimum atomic E-state index is 0.0281. The third-order valence-corrected chi connectivity index (χ3v) is 6.69. The Kier molecular flexibility index (Phi) is 5.81. The summed E-state index contributed by atoms with van der Waals surface area (Å²) in [6, 6.07) is 21.6. The van der Waals surface area contributed by atoms with Crippen LogP contribution in [0.1, 0.15) is 29.3 Å². The van der Waals surface area contributed by atoms with Gasteiger partial charge in [0.1, 0.15) is 18.2 Å². The molecule has 5 nitrogen and oxygen atoms in total. The largest absolute Gasteiger partial charge is 0.492 e. The van der Waals surface area contributed by atoms with Crippen molar-refractivity contribution < 1.29 is 9.53 Å². The molecule has 0 N–H and O–H groups in total. The monoisotopic (exact) mass is 459 g/mol. The number of carbonyl (C=O) groups is 1. The molecule has 0 aliphatic carbocycles. The molecule has 0 radical (unpaired) electrons. The number of halogens is 1. The molecule has 4 aromatic rings. The van der Waals surface area contributed by atoms with E-state index in [9.17, 15) is 4.79 Å². The van der Waals surface area contributed by atoms with E-state index in [1.54, 1.807) is 0 Å². The first-order valence-corrected chi connectivity index (χ1v) is 11.6. The Hall–Kier alpha value is -3.31. The number of hydrogen-bond donors (Lipinski definition) is 0. The Morgan fingerprint density at radius 3 is 2.64 bits per heavy atom. The number of benzene rings is 3. The Labute approximate surface area is 198 Å². The zero-order valence-corrected chi connectivity index (χ0v) is 19.5. The second-order valence-electron chi connectivity index (χ2n) is 8.54. The van der Waals surface area contributed by atoms with Gasteiger partial charge in [-0.05, 0) is 67.4 Å². The molecule has 1 aliphatic rings. The molecule has 3 aromatic carbocycles. The number of hydrogen-bond acceptors (Lipinski definition) is 3. The fraction of sp³-hybridized carbons (Fsp3) is 0.259. The normalized spacial score (nSPS) is 16.0. The minimum absolute atomic E-state index is 0.0281. The molecule has 1 saturated heterocycles. The van der Waals surface area contributed by atoms with Gasteiger partial charge in [-0.2, -0.15) is 0 Å². The molecule has 0 saturated carbocycles. The Morgan fingerprint density at radius 1 is 1.03 bits per heavy atom. The molecule has 1 amide bonds. The van der Waals surface area contributed by atoms with Crippen molar-refractivity contribution in [3.63, 3.8) is 0 Å². The average Bonchev–Trinajstić information content (AvgIpc) is 3.38. The van der Waals surface area contributed by atoms with Crippen LogP contribution in [0.25, 0.3) is 11.0 Å². The van der Waals surface area contributed by atoms with E-state index in [0.29, 0.717) is 31.1 Å². The van der Waals surface area contributed by atoms with E-state index in [-0.39, 0.29) is 11.8 Å². The average molecular weight is 460 g/mol. The van der Waals surface area contributed by atoms with E-state index in [1.165, 1.54) is 5.56 Å². The van der Waals surface area contributed by atoms with Crippen LogP contribution in [0.2, 0.25) is 5.02 Å². The van der Waals surface area contributed by atoms with Crippen molar-refractivity contribution in [1.82, 2.24) is 9.55 Å². The number of aryl methyl sites for hydroxylation is 1. The Bertz CT molecular complexity index is 1310. The lowest BCUT2D eigenvalue weighted by Gasteiger charge is -2.20. The van der Waals surface area contributed by atoms with Crippen LogP contribution >= 0.6 is 11.6 Å². The molecular weight excluding hydrogens is 434 g/mol. The van der Waals surface area contributed by atoms with Gasteiger partial charge >= 0.3 is 0 Å². The summed E-state index contributed by atoms with van der Waals surface area (Å²) in [7, 11) is 0. The molecule has 0 spiro atoms. The first-order chi connectivity index (χ1) is 16.0. The third kappa shape index (κ3) is 4.21. The molecule has 2 heterocycles. The molecule has 5 rings (SSSR count). The summed E-state index contributed by atoms with van der Waals surface area (Å²) >= 11 is 5.97. The molecule has 33 heavy (non-hydrogen) atoms. The first-order valence-electron chi connectivity index (χ1n) is 11.2. The lowest BCUT2D eigenvalue weighted by Crippen LogP contribution is -2.25. The van der Waals surface area contributed by atoms with E-state index < -0.39 is 0 Å². The zero-order valence-electron chi connectivity index (χ0n) is 18.8. The first kappa shape index (κ1) is 21.5. The number of rotatable bonds is 6. The van der Waals surface area contributed by atoms with E-state index in [4.69, 9.17) is 21.3 Å². The van der Waals surface area contributed by atoms with Gasteiger partial charge in [0.15, 0.2) is 0 Å². The summed E-state index contributed by atoms with van der Waals surface area (Å²) in [6.07, 6.45) is 0.453. The highest BCUT2D eigenvalue weighted by atomic mass is 35.5. The number of nitrogens with zero attached hydrogens (tertiary/aromatic N) is 3. The lowest BCUT2D eigenvalue weighted by atomic mass is 10.1. The van der Waals surface area contributed by atoms with Crippen LogP contribution in [-0.2, 0) is 11.3 Å². The van der Waals surface area contributed by atoms with Gasteiger partial charge in [-0.15, -0.1) is 0 Å². The molecule has 1 fully saturated rings. The van der Waals surface area contributed by atoms with Crippen molar-refractivity contribution in [2.75, 3.05) is 18.1 Å². The molecule has 1 aliphatic heterocycles. The van der Waals surface area contributed by atoms with Crippen LogP contribution < -0.4 is 9.64 Å². The molecule has 168 valence electrons. The van der Waals surface area contributed by atoms with Gasteiger partial charge in [-0.25, -0.2) is 4.98 Å². The van der Waals surface area contributed by atoms with Gasteiger partial charge in [0.05, 0.1) is 17.6 Å². The number of ether oxygens (including phenoxy) is 1. The number of amides is 1. The predicted molar refractivity (Wildman–Crippen MR) is 132 cm³/mol. The minimum Gasteiger partial charge on any atom is -0.492 e. The Morgan fingerprint density at radius 2 is 1.82 bits per heavy atom. The summed E-state index contributed by atoms with van der Waals surface area (Å²) in [5.74, 6) is 1.89. The molecule has 1 atom stereocenters. The van der Waals surface area contributed by atoms with Crippen molar-refractivity contribution in [3.8, 4) is 5.75 Å².